The van der Waals surface area contributed by atoms with E-state index in [1.807, 2.05) is 6.08 Å². The Balaban J connectivity index is 3.47. The van der Waals surface area contributed by atoms with Crippen LogP contribution < -0.4 is 5.32 Å². The van der Waals surface area contributed by atoms with Crippen molar-refractivity contribution in [2.24, 2.45) is 0 Å². The number of hydrogen-bond donors (Lipinski definition) is 3. The van der Waals surface area contributed by atoms with E-state index < -0.39 is 12.1 Å². The Morgan fingerprint density at radius 1 is 0.348 bits per heavy atom. The molecule has 4 nitrogen and oxygen atoms in total. The molecule has 0 aliphatic rings. The third-order valence-electron chi connectivity index (χ3n) is 14.1. The maximum absolute atomic E-state index is 12.5. The van der Waals surface area contributed by atoms with Crippen molar-refractivity contribution >= 4 is 5.91 Å². The number of carbonyl (C=O) groups is 1. The molecule has 0 aliphatic carbocycles. The molecular weight excluding hydrogens is 807 g/mol. The molecule has 4 heteroatoms. The lowest BCUT2D eigenvalue weighted by molar-refractivity contribution is -0.123. The van der Waals surface area contributed by atoms with Crippen LogP contribution in [0.2, 0.25) is 0 Å². The maximum atomic E-state index is 12.5. The molecule has 0 bridgehead atoms. The molecule has 1 amide bonds. The molecule has 0 aromatic heterocycles. The lowest BCUT2D eigenvalue weighted by Crippen LogP contribution is -2.45. The molecule has 0 saturated carbocycles. The van der Waals surface area contributed by atoms with E-state index in [0.29, 0.717) is 6.42 Å². The topological polar surface area (TPSA) is 69.6 Å². The van der Waals surface area contributed by atoms with Gasteiger partial charge in [0.1, 0.15) is 0 Å². The van der Waals surface area contributed by atoms with Crippen LogP contribution in [0.1, 0.15) is 335 Å². The van der Waals surface area contributed by atoms with E-state index in [1.165, 1.54) is 283 Å². The molecule has 0 aromatic rings. The number of hydrogen-bond acceptors (Lipinski definition) is 3. The second-order valence-electron chi connectivity index (χ2n) is 20.8. The summed E-state index contributed by atoms with van der Waals surface area (Å²) in [5, 5.41) is 23.2. The molecule has 0 heterocycles. The summed E-state index contributed by atoms with van der Waals surface area (Å²) in [5.74, 6) is -0.0674. The van der Waals surface area contributed by atoms with Gasteiger partial charge in [0, 0.05) is 6.42 Å². The van der Waals surface area contributed by atoms with Gasteiger partial charge >= 0.3 is 0 Å². The third-order valence-corrected chi connectivity index (χ3v) is 14.1. The Morgan fingerprint density at radius 3 is 0.879 bits per heavy atom. The highest BCUT2D eigenvalue weighted by molar-refractivity contribution is 5.76. The average Bonchev–Trinajstić information content (AvgIpc) is 3.32. The first kappa shape index (κ1) is 64.6. The third kappa shape index (κ3) is 53.6. The number of allylic oxidation sites excluding steroid dienone is 5. The van der Waals surface area contributed by atoms with Gasteiger partial charge in [0.25, 0.3) is 0 Å². The van der Waals surface area contributed by atoms with Crippen LogP contribution in [0.5, 0.6) is 0 Å². The van der Waals surface area contributed by atoms with Crippen LogP contribution in [0.4, 0.5) is 0 Å². The standard InChI is InChI=1S/C62H119NO3/c1-3-5-7-9-11-13-15-17-19-21-23-25-27-28-29-30-31-32-33-34-36-38-40-42-44-46-48-50-52-54-56-58-62(66)63-60(59-64)61(65)57-55-53-51-49-47-45-43-41-39-37-35-26-24-22-20-18-16-14-12-10-8-6-4-2/h21,23,47,49,55,57,60-61,64-65H,3-20,22,24-46,48,50-54,56,58-59H2,1-2H3,(H,63,66)/b23-21-,49-47+,57-55+. The summed E-state index contributed by atoms with van der Waals surface area (Å²) >= 11 is 0. The van der Waals surface area contributed by atoms with Crippen LogP contribution in [0.15, 0.2) is 36.5 Å². The van der Waals surface area contributed by atoms with E-state index in [2.05, 4.69) is 43.5 Å². The molecule has 66 heavy (non-hydrogen) atoms. The normalized spacial score (nSPS) is 13.0. The van der Waals surface area contributed by atoms with Gasteiger partial charge in [-0.3, -0.25) is 4.79 Å². The van der Waals surface area contributed by atoms with Crippen LogP contribution in [0.25, 0.3) is 0 Å². The van der Waals surface area contributed by atoms with E-state index >= 15 is 0 Å². The molecule has 0 fully saturated rings. The molecule has 0 aliphatic heterocycles. The van der Waals surface area contributed by atoms with Gasteiger partial charge < -0.3 is 15.5 Å². The number of amides is 1. The molecule has 0 rings (SSSR count). The maximum Gasteiger partial charge on any atom is 0.220 e. The summed E-state index contributed by atoms with van der Waals surface area (Å²) in [6.45, 7) is 4.33. The molecule has 2 atom stereocenters. The molecule has 3 N–H and O–H groups in total. The number of unbranched alkanes of at least 4 members (excludes halogenated alkanes) is 45. The zero-order chi connectivity index (χ0) is 47.7. The van der Waals surface area contributed by atoms with Gasteiger partial charge in [0.2, 0.25) is 5.91 Å². The highest BCUT2D eigenvalue weighted by Crippen LogP contribution is 2.18. The van der Waals surface area contributed by atoms with E-state index in [4.69, 9.17) is 0 Å². The number of rotatable bonds is 56. The number of aliphatic hydroxyl groups excluding tert-OH is 2. The summed E-state index contributed by atoms with van der Waals surface area (Å²) in [5.41, 5.74) is 0. The fraction of sp³-hybridized carbons (Fsp3) is 0.887. The first-order valence-corrected chi connectivity index (χ1v) is 30.2. The fourth-order valence-corrected chi connectivity index (χ4v) is 9.49. The zero-order valence-corrected chi connectivity index (χ0v) is 45.0. The molecule has 2 unspecified atom stereocenters. The SMILES string of the molecule is CCCCCCCCCC/C=C\CCCCCCCCCCCCCCCCCCCCCC(=O)NC(CO)C(O)/C=C/CC/C=C/CCCCCCCCCCCCCCCCCCC. The van der Waals surface area contributed by atoms with Crippen molar-refractivity contribution in [2.75, 3.05) is 6.61 Å². The minimum absolute atomic E-state index is 0.0674. The van der Waals surface area contributed by atoms with E-state index in [-0.39, 0.29) is 12.5 Å². The Bertz CT molecular complexity index is 1010. The van der Waals surface area contributed by atoms with Crippen molar-refractivity contribution in [3.05, 3.63) is 36.5 Å². The second kappa shape index (κ2) is 57.9. The van der Waals surface area contributed by atoms with E-state index in [0.717, 1.165) is 32.1 Å². The zero-order valence-electron chi connectivity index (χ0n) is 45.0. The molecule has 0 aromatic carbocycles. The van der Waals surface area contributed by atoms with E-state index in [9.17, 15) is 15.0 Å². The lowest BCUT2D eigenvalue weighted by Gasteiger charge is -2.19. The predicted octanol–water partition coefficient (Wildman–Crippen LogP) is 20.0. The van der Waals surface area contributed by atoms with Gasteiger partial charge in [0.15, 0.2) is 0 Å². The number of aliphatic hydroxyl groups is 2. The summed E-state index contributed by atoms with van der Waals surface area (Å²) < 4.78 is 0. The molecular formula is C62H119NO3. The van der Waals surface area contributed by atoms with Gasteiger partial charge in [0.05, 0.1) is 18.8 Å². The minimum Gasteiger partial charge on any atom is -0.394 e. The number of nitrogens with one attached hydrogen (secondary N) is 1. The second-order valence-corrected chi connectivity index (χ2v) is 20.8. The van der Waals surface area contributed by atoms with Crippen molar-refractivity contribution in [2.45, 2.75) is 347 Å². The molecule has 390 valence electrons. The van der Waals surface area contributed by atoms with Crippen molar-refractivity contribution in [1.29, 1.82) is 0 Å². The van der Waals surface area contributed by atoms with Crippen LogP contribution >= 0.6 is 0 Å². The van der Waals surface area contributed by atoms with Gasteiger partial charge in [-0.25, -0.2) is 0 Å². The summed E-state index contributed by atoms with van der Waals surface area (Å²) in [6.07, 6.45) is 79.0. The van der Waals surface area contributed by atoms with E-state index in [1.54, 1.807) is 6.08 Å². The van der Waals surface area contributed by atoms with Gasteiger partial charge in [-0.15, -0.1) is 0 Å². The van der Waals surface area contributed by atoms with Crippen molar-refractivity contribution < 1.29 is 15.0 Å². The highest BCUT2D eigenvalue weighted by atomic mass is 16.3. The Kier molecular flexibility index (Phi) is 56.7. The first-order valence-electron chi connectivity index (χ1n) is 30.2. The monoisotopic (exact) mass is 926 g/mol. The lowest BCUT2D eigenvalue weighted by atomic mass is 10.0. The van der Waals surface area contributed by atoms with Crippen LogP contribution in [-0.4, -0.2) is 34.9 Å². The molecule has 0 radical (unpaired) electrons. The van der Waals surface area contributed by atoms with Crippen LogP contribution in [0, 0.1) is 0 Å². The Hall–Kier alpha value is -1.39. The van der Waals surface area contributed by atoms with Crippen molar-refractivity contribution in [3.63, 3.8) is 0 Å². The number of carbonyl (C=O) groups excluding carboxylic acids is 1. The predicted molar refractivity (Wildman–Crippen MR) is 295 cm³/mol. The van der Waals surface area contributed by atoms with Crippen molar-refractivity contribution in [1.82, 2.24) is 5.32 Å². The van der Waals surface area contributed by atoms with Crippen molar-refractivity contribution in [3.8, 4) is 0 Å². The Labute approximate surface area is 414 Å². The van der Waals surface area contributed by atoms with Crippen LogP contribution in [0.3, 0.4) is 0 Å². The molecule has 0 spiro atoms. The fourth-order valence-electron chi connectivity index (χ4n) is 9.49. The quantitative estimate of drug-likeness (QED) is 0.0420. The van der Waals surface area contributed by atoms with Gasteiger partial charge in [-0.05, 0) is 57.8 Å². The largest absolute Gasteiger partial charge is 0.394 e. The minimum atomic E-state index is -0.861. The smallest absolute Gasteiger partial charge is 0.220 e. The Morgan fingerprint density at radius 2 is 0.591 bits per heavy atom. The summed E-state index contributed by atoms with van der Waals surface area (Å²) in [6, 6.07) is -0.638. The van der Waals surface area contributed by atoms with Gasteiger partial charge in [-0.2, -0.15) is 0 Å². The highest BCUT2D eigenvalue weighted by Gasteiger charge is 2.18. The summed E-state index contributed by atoms with van der Waals surface area (Å²) in [7, 11) is 0. The summed E-state index contributed by atoms with van der Waals surface area (Å²) in [4.78, 5) is 12.5. The van der Waals surface area contributed by atoms with Crippen LogP contribution in [-0.2, 0) is 4.79 Å². The molecule has 0 saturated heterocycles. The average molecular weight is 927 g/mol. The first-order chi connectivity index (χ1) is 32.7. The van der Waals surface area contributed by atoms with Gasteiger partial charge in [-0.1, -0.05) is 307 Å².